The second-order valence-corrected chi connectivity index (χ2v) is 8.01. The number of piperidine rings is 1. The molecule has 3 aliphatic rings. The third kappa shape index (κ3) is 3.76. The number of fused-ring (bicyclic) bond motifs is 2. The van der Waals surface area contributed by atoms with E-state index in [2.05, 4.69) is 15.1 Å². The molecular weight excluding hydrogens is 368 g/mol. The van der Waals surface area contributed by atoms with Gasteiger partial charge in [0.05, 0.1) is 6.04 Å². The predicted octanol–water partition coefficient (Wildman–Crippen LogP) is -0.427. The first kappa shape index (κ1) is 18.9. The molecule has 4 atom stereocenters. The van der Waals surface area contributed by atoms with Crippen LogP contribution in [-0.2, 0) is 24.3 Å². The summed E-state index contributed by atoms with van der Waals surface area (Å²) in [6.07, 6.45) is 3.33. The van der Waals surface area contributed by atoms with Gasteiger partial charge in [-0.1, -0.05) is 13.3 Å². The Hall–Kier alpha value is -1.92. The second-order valence-electron chi connectivity index (χ2n) is 7.00. The van der Waals surface area contributed by atoms with E-state index in [4.69, 9.17) is 4.55 Å². The van der Waals surface area contributed by atoms with Crippen molar-refractivity contribution in [1.82, 2.24) is 20.8 Å². The van der Waals surface area contributed by atoms with Gasteiger partial charge in [0, 0.05) is 12.5 Å². The summed E-state index contributed by atoms with van der Waals surface area (Å²) in [6.45, 7) is 2.09. The minimum Gasteiger partial charge on any atom is -0.309 e. The molecule has 0 aromatic heterocycles. The van der Waals surface area contributed by atoms with Crippen molar-refractivity contribution >= 4 is 28.2 Å². The molecule has 0 radical (unpaired) electrons. The summed E-state index contributed by atoms with van der Waals surface area (Å²) in [7, 11) is -4.83. The first-order valence-corrected chi connectivity index (χ1v) is 9.90. The smallest absolute Gasteiger partial charge is 0.309 e. The quantitative estimate of drug-likeness (QED) is 0.436. The molecular formula is C14H22N4O7S. The van der Waals surface area contributed by atoms with Gasteiger partial charge in [-0.05, 0) is 31.6 Å². The van der Waals surface area contributed by atoms with E-state index < -0.39 is 34.4 Å². The van der Waals surface area contributed by atoms with Crippen molar-refractivity contribution in [3.05, 3.63) is 0 Å². The molecule has 2 saturated heterocycles. The van der Waals surface area contributed by atoms with Gasteiger partial charge in [0.1, 0.15) is 6.04 Å². The zero-order valence-corrected chi connectivity index (χ0v) is 15.1. The summed E-state index contributed by atoms with van der Waals surface area (Å²) in [4.78, 5) is 37.9. The Morgan fingerprint density at radius 3 is 2.46 bits per heavy atom. The number of nitrogens with zero attached hydrogens (tertiary/aromatic N) is 2. The van der Waals surface area contributed by atoms with Gasteiger partial charge < -0.3 is 4.90 Å². The van der Waals surface area contributed by atoms with Crippen LogP contribution >= 0.6 is 0 Å². The van der Waals surface area contributed by atoms with Gasteiger partial charge in [-0.2, -0.15) is 13.5 Å². The number of urea groups is 1. The monoisotopic (exact) mass is 390 g/mol. The first-order chi connectivity index (χ1) is 12.2. The standard InChI is InChI=1S/C14H22N4O7S/c1-8-3-2-4-10(8)12(19)15-16-13(20)11-6-5-9-7-17(11)14(21)18(9)25-26(22,23)24/h8-11H,2-7H2,1H3,(H,15,19)(H,16,20)(H,22,23,24)/t8-,9?,10?,11+/m1/s1. The third-order valence-electron chi connectivity index (χ3n) is 5.31. The van der Waals surface area contributed by atoms with Crippen LogP contribution in [0.5, 0.6) is 0 Å². The van der Waals surface area contributed by atoms with E-state index in [-0.39, 0.29) is 30.7 Å². The Labute approximate surface area is 150 Å². The lowest BCUT2D eigenvalue weighted by Crippen LogP contribution is -2.55. The Bertz CT molecular complexity index is 712. The van der Waals surface area contributed by atoms with Crippen molar-refractivity contribution in [3.63, 3.8) is 0 Å². The van der Waals surface area contributed by atoms with E-state index in [0.717, 1.165) is 19.3 Å². The van der Waals surface area contributed by atoms with Crippen molar-refractivity contribution < 1.29 is 31.6 Å². The maximum absolute atomic E-state index is 12.4. The molecule has 2 aliphatic heterocycles. The van der Waals surface area contributed by atoms with Gasteiger partial charge in [-0.25, -0.2) is 4.79 Å². The molecule has 12 heteroatoms. The van der Waals surface area contributed by atoms with Crippen LogP contribution < -0.4 is 10.9 Å². The summed E-state index contributed by atoms with van der Waals surface area (Å²) in [6, 6.07) is -2.24. The fourth-order valence-electron chi connectivity index (χ4n) is 3.94. The number of rotatable bonds is 4. The van der Waals surface area contributed by atoms with Gasteiger partial charge in [0.2, 0.25) is 5.91 Å². The molecule has 3 rings (SSSR count). The van der Waals surface area contributed by atoms with Crippen molar-refractivity contribution in [2.75, 3.05) is 6.54 Å². The zero-order valence-electron chi connectivity index (χ0n) is 14.3. The summed E-state index contributed by atoms with van der Waals surface area (Å²) >= 11 is 0. The molecule has 0 aromatic rings. The molecule has 146 valence electrons. The lowest BCUT2D eigenvalue weighted by Gasteiger charge is -2.29. The van der Waals surface area contributed by atoms with Gasteiger partial charge in [-0.3, -0.25) is 25.0 Å². The van der Waals surface area contributed by atoms with Crippen LogP contribution in [0, 0.1) is 11.8 Å². The number of hydrogen-bond donors (Lipinski definition) is 3. The van der Waals surface area contributed by atoms with Crippen molar-refractivity contribution in [2.45, 2.75) is 51.1 Å². The normalized spacial score (nSPS) is 31.2. The zero-order chi connectivity index (χ0) is 19.1. The Morgan fingerprint density at radius 2 is 1.85 bits per heavy atom. The molecule has 0 aromatic carbocycles. The third-order valence-corrected chi connectivity index (χ3v) is 5.66. The van der Waals surface area contributed by atoms with Crippen LogP contribution in [0.3, 0.4) is 0 Å². The van der Waals surface area contributed by atoms with Crippen LogP contribution in [0.2, 0.25) is 0 Å². The fraction of sp³-hybridized carbons (Fsp3) is 0.786. The highest BCUT2D eigenvalue weighted by Crippen LogP contribution is 2.32. The van der Waals surface area contributed by atoms with Crippen LogP contribution in [0.4, 0.5) is 4.79 Å². The average Bonchev–Trinajstić information content (AvgIpc) is 3.09. The highest BCUT2D eigenvalue weighted by atomic mass is 32.3. The van der Waals surface area contributed by atoms with Gasteiger partial charge >= 0.3 is 16.4 Å². The lowest BCUT2D eigenvalue weighted by molar-refractivity contribution is -0.134. The molecule has 0 spiro atoms. The minimum absolute atomic E-state index is 0.0973. The Balaban J connectivity index is 1.57. The maximum Gasteiger partial charge on any atom is 0.418 e. The molecule has 4 amide bonds. The molecule has 26 heavy (non-hydrogen) atoms. The predicted molar refractivity (Wildman–Crippen MR) is 86.2 cm³/mol. The van der Waals surface area contributed by atoms with E-state index in [1.165, 1.54) is 4.90 Å². The van der Waals surface area contributed by atoms with E-state index in [9.17, 15) is 22.8 Å². The van der Waals surface area contributed by atoms with Crippen LogP contribution in [-0.4, -0.2) is 59.4 Å². The van der Waals surface area contributed by atoms with E-state index >= 15 is 0 Å². The molecule has 2 bridgehead atoms. The number of carbonyl (C=O) groups is 3. The van der Waals surface area contributed by atoms with E-state index in [1.807, 2.05) is 6.92 Å². The second kappa shape index (κ2) is 7.00. The lowest BCUT2D eigenvalue weighted by atomic mass is 9.98. The highest BCUT2D eigenvalue weighted by molar-refractivity contribution is 7.80. The number of hydrogen-bond acceptors (Lipinski definition) is 6. The summed E-state index contributed by atoms with van der Waals surface area (Å²) in [5, 5.41) is 0.571. The minimum atomic E-state index is -4.83. The summed E-state index contributed by atoms with van der Waals surface area (Å²) in [5.41, 5.74) is 4.77. The highest BCUT2D eigenvalue weighted by Gasteiger charge is 2.49. The number of hydroxylamine groups is 2. The topological polar surface area (TPSA) is 145 Å². The van der Waals surface area contributed by atoms with E-state index in [0.29, 0.717) is 11.5 Å². The Morgan fingerprint density at radius 1 is 1.15 bits per heavy atom. The summed E-state index contributed by atoms with van der Waals surface area (Å²) < 4.78 is 34.8. The number of nitrogens with one attached hydrogen (secondary N) is 2. The molecule has 3 N–H and O–H groups in total. The summed E-state index contributed by atoms with van der Waals surface area (Å²) in [5.74, 6) is -0.683. The number of hydrazine groups is 1. The van der Waals surface area contributed by atoms with Crippen LogP contribution in [0.25, 0.3) is 0 Å². The van der Waals surface area contributed by atoms with Crippen LogP contribution in [0.15, 0.2) is 0 Å². The number of amides is 4. The van der Waals surface area contributed by atoms with Crippen molar-refractivity contribution in [1.29, 1.82) is 0 Å². The molecule has 2 unspecified atom stereocenters. The van der Waals surface area contributed by atoms with Crippen LogP contribution in [0.1, 0.15) is 39.0 Å². The largest absolute Gasteiger partial charge is 0.418 e. The first-order valence-electron chi connectivity index (χ1n) is 8.54. The molecule has 3 fully saturated rings. The molecule has 1 saturated carbocycles. The maximum atomic E-state index is 12.4. The molecule has 1 aliphatic carbocycles. The van der Waals surface area contributed by atoms with E-state index in [1.54, 1.807) is 0 Å². The SMILES string of the molecule is C[C@@H]1CCCC1C(=O)NNC(=O)[C@@H]1CCC2CN1C(=O)N2OS(=O)(=O)O. The fourth-order valence-corrected chi connectivity index (χ4v) is 4.33. The number of carbonyl (C=O) groups excluding carboxylic acids is 3. The molecule has 11 nitrogen and oxygen atoms in total. The van der Waals surface area contributed by atoms with Gasteiger partial charge in [-0.15, -0.1) is 4.28 Å². The van der Waals surface area contributed by atoms with Crippen molar-refractivity contribution in [3.8, 4) is 0 Å². The van der Waals surface area contributed by atoms with Gasteiger partial charge in [0.15, 0.2) is 0 Å². The average molecular weight is 390 g/mol. The van der Waals surface area contributed by atoms with Crippen molar-refractivity contribution in [2.24, 2.45) is 11.8 Å². The Kier molecular flexibility index (Phi) is 5.08. The van der Waals surface area contributed by atoms with Gasteiger partial charge in [0.25, 0.3) is 5.91 Å². The molecule has 2 heterocycles.